The molecule has 0 aliphatic rings. The number of rotatable bonds is 5. The number of carbonyl (C=O) groups excluding carboxylic acids is 2. The maximum Gasteiger partial charge on any atom is 0.251 e. The van der Waals surface area contributed by atoms with Gasteiger partial charge in [-0.25, -0.2) is 4.98 Å². The molecule has 2 N–H and O–H groups in total. The Hall–Kier alpha value is -2.38. The molecule has 128 valence electrons. The number of hydrogen-bond donors (Lipinski definition) is 2. The number of benzene rings is 1. The van der Waals surface area contributed by atoms with Gasteiger partial charge < -0.3 is 15.0 Å². The second-order valence-electron chi connectivity index (χ2n) is 5.31. The lowest BCUT2D eigenvalue weighted by atomic mass is 10.2. The van der Waals surface area contributed by atoms with Gasteiger partial charge in [-0.1, -0.05) is 33.6 Å². The van der Waals surface area contributed by atoms with Crippen LogP contribution in [0.4, 0.5) is 0 Å². The molecule has 2 aromatic heterocycles. The van der Waals surface area contributed by atoms with Gasteiger partial charge >= 0.3 is 0 Å². The molecule has 0 aliphatic heterocycles. The second-order valence-corrected chi connectivity index (χ2v) is 6.67. The van der Waals surface area contributed by atoms with Gasteiger partial charge in [0.25, 0.3) is 5.91 Å². The zero-order valence-corrected chi connectivity index (χ0v) is 15.3. The van der Waals surface area contributed by atoms with Crippen molar-refractivity contribution in [2.45, 2.75) is 6.54 Å². The van der Waals surface area contributed by atoms with E-state index in [0.717, 1.165) is 10.1 Å². The van der Waals surface area contributed by atoms with E-state index in [9.17, 15) is 9.59 Å². The molecule has 8 heteroatoms. The fourth-order valence-electron chi connectivity index (χ4n) is 2.25. The van der Waals surface area contributed by atoms with Crippen molar-refractivity contribution in [1.82, 2.24) is 20.0 Å². The van der Waals surface area contributed by atoms with Crippen LogP contribution in [0.1, 0.15) is 16.1 Å². The van der Waals surface area contributed by atoms with Gasteiger partial charge in [-0.05, 0) is 30.3 Å². The fraction of sp³-hybridized carbons (Fsp3) is 0.118. The van der Waals surface area contributed by atoms with Gasteiger partial charge in [-0.15, -0.1) is 0 Å². The van der Waals surface area contributed by atoms with Crippen LogP contribution in [0.5, 0.6) is 0 Å². The topological polar surface area (TPSA) is 75.5 Å². The molecule has 2 amide bonds. The smallest absolute Gasteiger partial charge is 0.251 e. The van der Waals surface area contributed by atoms with Gasteiger partial charge in [-0.3, -0.25) is 9.59 Å². The Balaban J connectivity index is 1.51. The maximum absolute atomic E-state index is 12.0. The Morgan fingerprint density at radius 1 is 1.16 bits per heavy atom. The minimum atomic E-state index is -0.307. The van der Waals surface area contributed by atoms with Crippen LogP contribution >= 0.6 is 27.5 Å². The summed E-state index contributed by atoms with van der Waals surface area (Å²) in [5.41, 5.74) is 1.94. The SMILES string of the molecule is O=C(CNC(=O)c1cccc(Br)c1)NCc1cn2cc(Cl)ccc2n1. The monoisotopic (exact) mass is 420 g/mol. The van der Waals surface area contributed by atoms with Crippen molar-refractivity contribution in [3.8, 4) is 0 Å². The average Bonchev–Trinajstić information content (AvgIpc) is 2.99. The molecule has 0 spiro atoms. The molecule has 3 rings (SSSR count). The minimum Gasteiger partial charge on any atom is -0.349 e. The summed E-state index contributed by atoms with van der Waals surface area (Å²) in [5, 5.41) is 5.91. The number of aromatic nitrogens is 2. The van der Waals surface area contributed by atoms with Crippen LogP contribution in [0.25, 0.3) is 5.65 Å². The summed E-state index contributed by atoms with van der Waals surface area (Å²) >= 11 is 9.23. The molecular formula is C17H14BrClN4O2. The maximum atomic E-state index is 12.0. The summed E-state index contributed by atoms with van der Waals surface area (Å²) in [5.74, 6) is -0.600. The van der Waals surface area contributed by atoms with Crippen LogP contribution in [-0.2, 0) is 11.3 Å². The van der Waals surface area contributed by atoms with Crippen molar-refractivity contribution < 1.29 is 9.59 Å². The van der Waals surface area contributed by atoms with Crippen LogP contribution in [-0.4, -0.2) is 27.7 Å². The number of halogens is 2. The Morgan fingerprint density at radius 2 is 2.00 bits per heavy atom. The first kappa shape index (κ1) is 17.4. The quantitative estimate of drug-likeness (QED) is 0.665. The third kappa shape index (κ3) is 4.58. The second kappa shape index (κ2) is 7.67. The number of pyridine rings is 1. The van der Waals surface area contributed by atoms with Gasteiger partial charge in [-0.2, -0.15) is 0 Å². The van der Waals surface area contributed by atoms with E-state index in [2.05, 4.69) is 31.5 Å². The van der Waals surface area contributed by atoms with Crippen molar-refractivity contribution in [3.05, 3.63) is 69.5 Å². The Kier molecular flexibility index (Phi) is 5.35. The first-order valence-electron chi connectivity index (χ1n) is 7.45. The highest BCUT2D eigenvalue weighted by Crippen LogP contribution is 2.12. The predicted molar refractivity (Wildman–Crippen MR) is 98.5 cm³/mol. The van der Waals surface area contributed by atoms with E-state index in [1.54, 1.807) is 47.1 Å². The van der Waals surface area contributed by atoms with Gasteiger partial charge in [0.15, 0.2) is 0 Å². The first-order chi connectivity index (χ1) is 12.0. The molecule has 25 heavy (non-hydrogen) atoms. The zero-order valence-electron chi connectivity index (χ0n) is 13.0. The number of nitrogens with one attached hydrogen (secondary N) is 2. The molecule has 0 fully saturated rings. The van der Waals surface area contributed by atoms with Crippen molar-refractivity contribution in [2.24, 2.45) is 0 Å². The molecular weight excluding hydrogens is 408 g/mol. The predicted octanol–water partition coefficient (Wildman–Crippen LogP) is 2.80. The molecule has 2 heterocycles. The van der Waals surface area contributed by atoms with Crippen molar-refractivity contribution in [2.75, 3.05) is 6.54 Å². The van der Waals surface area contributed by atoms with Gasteiger partial charge in [0.05, 0.1) is 23.8 Å². The van der Waals surface area contributed by atoms with E-state index in [4.69, 9.17) is 11.6 Å². The molecule has 0 unspecified atom stereocenters. The molecule has 0 aliphatic carbocycles. The van der Waals surface area contributed by atoms with Crippen molar-refractivity contribution in [1.29, 1.82) is 0 Å². The summed E-state index contributed by atoms with van der Waals surface area (Å²) in [7, 11) is 0. The highest BCUT2D eigenvalue weighted by atomic mass is 79.9. The minimum absolute atomic E-state index is 0.107. The van der Waals surface area contributed by atoms with Crippen molar-refractivity contribution in [3.63, 3.8) is 0 Å². The molecule has 0 bridgehead atoms. The summed E-state index contributed by atoms with van der Waals surface area (Å²) in [6.07, 6.45) is 3.54. The lowest BCUT2D eigenvalue weighted by molar-refractivity contribution is -0.120. The average molecular weight is 422 g/mol. The largest absolute Gasteiger partial charge is 0.349 e. The summed E-state index contributed by atoms with van der Waals surface area (Å²) in [6, 6.07) is 10.5. The molecule has 0 saturated heterocycles. The molecule has 3 aromatic rings. The first-order valence-corrected chi connectivity index (χ1v) is 8.62. The lowest BCUT2D eigenvalue weighted by Crippen LogP contribution is -2.36. The number of fused-ring (bicyclic) bond motifs is 1. The van der Waals surface area contributed by atoms with Gasteiger partial charge in [0.2, 0.25) is 5.91 Å². The van der Waals surface area contributed by atoms with Crippen LogP contribution in [0, 0.1) is 0 Å². The standard InChI is InChI=1S/C17H14BrClN4O2/c18-12-3-1-2-11(6-12)17(25)21-8-16(24)20-7-14-10-23-9-13(19)4-5-15(23)22-14/h1-6,9-10H,7-8H2,(H,20,24)(H,21,25). The van der Waals surface area contributed by atoms with Gasteiger partial charge in [0, 0.05) is 22.4 Å². The summed E-state index contributed by atoms with van der Waals surface area (Å²) < 4.78 is 2.59. The van der Waals surface area contributed by atoms with E-state index in [1.807, 2.05) is 6.07 Å². The van der Waals surface area contributed by atoms with Crippen LogP contribution < -0.4 is 10.6 Å². The highest BCUT2D eigenvalue weighted by molar-refractivity contribution is 9.10. The third-order valence-electron chi connectivity index (χ3n) is 3.43. The van der Waals surface area contributed by atoms with Crippen LogP contribution in [0.3, 0.4) is 0 Å². The van der Waals surface area contributed by atoms with Crippen molar-refractivity contribution >= 4 is 45.0 Å². The van der Waals surface area contributed by atoms with Crippen LogP contribution in [0.2, 0.25) is 5.02 Å². The Morgan fingerprint density at radius 3 is 2.80 bits per heavy atom. The molecule has 0 atom stereocenters. The van der Waals surface area contributed by atoms with E-state index in [1.165, 1.54) is 0 Å². The van der Waals surface area contributed by atoms with E-state index in [0.29, 0.717) is 16.3 Å². The molecule has 0 radical (unpaired) electrons. The molecule has 0 saturated carbocycles. The lowest BCUT2D eigenvalue weighted by Gasteiger charge is -2.06. The van der Waals surface area contributed by atoms with Gasteiger partial charge in [0.1, 0.15) is 5.65 Å². The normalized spacial score (nSPS) is 10.6. The van der Waals surface area contributed by atoms with E-state index >= 15 is 0 Å². The molecule has 1 aromatic carbocycles. The number of amides is 2. The van der Waals surface area contributed by atoms with Crippen LogP contribution in [0.15, 0.2) is 53.3 Å². The number of imidazole rings is 1. The Bertz CT molecular complexity index is 941. The Labute approximate surface area is 157 Å². The van der Waals surface area contributed by atoms with E-state index in [-0.39, 0.29) is 24.9 Å². The highest BCUT2D eigenvalue weighted by Gasteiger charge is 2.09. The zero-order chi connectivity index (χ0) is 17.8. The number of carbonyl (C=O) groups is 2. The number of hydrogen-bond acceptors (Lipinski definition) is 3. The third-order valence-corrected chi connectivity index (χ3v) is 4.14. The van der Waals surface area contributed by atoms with E-state index < -0.39 is 0 Å². The molecule has 6 nitrogen and oxygen atoms in total. The summed E-state index contributed by atoms with van der Waals surface area (Å²) in [6.45, 7) is 0.162. The summed E-state index contributed by atoms with van der Waals surface area (Å²) in [4.78, 5) is 28.3. The number of nitrogens with zero attached hydrogens (tertiary/aromatic N) is 2. The fourth-order valence-corrected chi connectivity index (χ4v) is 2.81.